The van der Waals surface area contributed by atoms with Gasteiger partial charge in [-0.2, -0.15) is 0 Å². The Balaban J connectivity index is -0.0000000146. The molecule has 0 N–H and O–H groups in total. The van der Waals surface area contributed by atoms with Crippen molar-refractivity contribution in [3.63, 3.8) is 0 Å². The van der Waals surface area contributed by atoms with Gasteiger partial charge < -0.3 is 14.9 Å². The summed E-state index contributed by atoms with van der Waals surface area (Å²) in [6, 6.07) is 0. The van der Waals surface area contributed by atoms with Crippen LogP contribution in [0.1, 0.15) is 61.8 Å². The van der Waals surface area contributed by atoms with Gasteiger partial charge in [-0.1, -0.05) is 58.9 Å². The van der Waals surface area contributed by atoms with Gasteiger partial charge >= 0.3 is 49.3 Å². The van der Waals surface area contributed by atoms with Crippen LogP contribution in [0, 0.1) is 21.4 Å². The molecule has 2 radical (unpaired) electrons. The number of allylic oxidation sites excluding steroid dienone is 5. The Kier molecular flexibility index (Phi) is 145. The molecule has 0 atom stereocenters. The molecule has 1 aliphatic rings. The Morgan fingerprint density at radius 2 is 1.55 bits per heavy atom. The zero-order chi connectivity index (χ0) is 13.4. The van der Waals surface area contributed by atoms with Crippen molar-refractivity contribution in [1.82, 2.24) is 0 Å². The maximum absolute atomic E-state index is 5.30. The molecule has 0 nitrogen and oxygen atoms in total. The Labute approximate surface area is 219 Å². The average Bonchev–Trinajstić information content (AvgIpc) is 2.76. The van der Waals surface area contributed by atoms with Crippen LogP contribution in [0.15, 0.2) is 29.4 Å². The maximum atomic E-state index is 5.30. The molecule has 0 unspecified atom stereocenters. The van der Waals surface area contributed by atoms with Gasteiger partial charge in [-0.25, -0.2) is 0 Å². The third-order valence-electron chi connectivity index (χ3n) is 1.36. The fraction of sp³-hybridized carbons (Fsp3) is 0.500. The van der Waals surface area contributed by atoms with Crippen LogP contribution in [0.2, 0.25) is 0 Å². The quantitative estimate of drug-likeness (QED) is 0.278. The second-order valence-electron chi connectivity index (χ2n) is 2.86. The molecule has 22 heavy (non-hydrogen) atoms. The summed E-state index contributed by atoms with van der Waals surface area (Å²) in [5.74, 6) is 0. The molecule has 0 fully saturated rings. The van der Waals surface area contributed by atoms with Crippen molar-refractivity contribution in [2.24, 2.45) is 0 Å². The van der Waals surface area contributed by atoms with Crippen LogP contribution in [-0.2, 0) is 106 Å². The summed E-state index contributed by atoms with van der Waals surface area (Å²) < 4.78 is 2.12. The molecule has 0 bridgehead atoms. The molecular weight excluding hydrogens is 762 g/mol. The monoisotopic (exact) mass is 799 g/mol. The van der Waals surface area contributed by atoms with E-state index in [2.05, 4.69) is 29.6 Å². The van der Waals surface area contributed by atoms with Crippen LogP contribution < -0.4 is 0 Å². The van der Waals surface area contributed by atoms with E-state index < -0.39 is 0 Å². The number of hydrogen-bond donors (Lipinski definition) is 0. The first-order chi connectivity index (χ1) is 7.66. The van der Waals surface area contributed by atoms with Gasteiger partial charge in [0.2, 0.25) is 0 Å². The number of rotatable bonds is 2. The van der Waals surface area contributed by atoms with Gasteiger partial charge in [0, 0.05) is 86.5 Å². The van der Waals surface area contributed by atoms with Crippen molar-refractivity contribution in [2.75, 3.05) is 0 Å². The van der Waals surface area contributed by atoms with E-state index in [1.54, 1.807) is 0 Å². The average molecular weight is 799 g/mol. The van der Waals surface area contributed by atoms with E-state index in [0.29, 0.717) is 0 Å². The van der Waals surface area contributed by atoms with Gasteiger partial charge in [-0.3, -0.25) is 0 Å². The van der Waals surface area contributed by atoms with Crippen molar-refractivity contribution in [3.05, 3.63) is 50.8 Å². The zero-order valence-electron chi connectivity index (χ0n) is 15.3. The predicted octanol–water partition coefficient (Wildman–Crippen LogP) is 6.58. The van der Waals surface area contributed by atoms with Crippen molar-refractivity contribution in [2.45, 2.75) is 61.8 Å². The maximum Gasteiger partial charge on any atom is 0 e. The zero-order valence-corrected chi connectivity index (χ0v) is 26.8. The molecule has 1 rings (SSSR count). The minimum absolute atomic E-state index is 0. The fourth-order valence-electron chi connectivity index (χ4n) is 0.686. The first-order valence-corrected chi connectivity index (χ1v) is 7.70. The summed E-state index contributed by atoms with van der Waals surface area (Å²) in [4.78, 5) is 0. The van der Waals surface area contributed by atoms with E-state index in [1.165, 1.54) is 31.3 Å². The summed E-state index contributed by atoms with van der Waals surface area (Å²) in [6.45, 7) is 17.4. The van der Waals surface area contributed by atoms with E-state index >= 15 is 0 Å². The fourth-order valence-corrected chi connectivity index (χ4v) is 1.63. The van der Waals surface area contributed by atoms with E-state index in [0.717, 1.165) is 12.0 Å². The predicted molar refractivity (Wildman–Crippen MR) is 93.9 cm³/mol. The molecular formula is C18H37W2Y2-3. The van der Waals surface area contributed by atoms with Crippen molar-refractivity contribution in [3.8, 4) is 0 Å². The van der Waals surface area contributed by atoms with E-state index in [9.17, 15) is 0 Å². The molecule has 1 aliphatic carbocycles. The summed E-state index contributed by atoms with van der Waals surface area (Å²) >= 11 is 1.50. The second kappa shape index (κ2) is 56.5. The SMILES string of the molecule is C.CC.CC.CC1=CC=CC1.[CH-]=C(C)C[CH]=[W].[CH3-].[CH3-].[W].[Y].[Y]. The Bertz CT molecular complexity index is 223. The van der Waals surface area contributed by atoms with E-state index in [1.807, 2.05) is 34.6 Å². The topological polar surface area (TPSA) is 0 Å². The second-order valence-corrected chi connectivity index (χ2v) is 4.06. The molecule has 0 amide bonds. The Morgan fingerprint density at radius 3 is 1.59 bits per heavy atom. The summed E-state index contributed by atoms with van der Waals surface area (Å²) in [6.07, 6.45) is 8.54. The molecule has 130 valence electrons. The molecule has 0 aliphatic heterocycles. The normalized spacial score (nSPS) is 7.64. The van der Waals surface area contributed by atoms with Gasteiger partial charge in [0.15, 0.2) is 0 Å². The molecule has 0 aromatic rings. The Hall–Kier alpha value is 2.67. The van der Waals surface area contributed by atoms with Crippen molar-refractivity contribution in [1.29, 1.82) is 0 Å². The standard InChI is InChI=1S/C6H8.C5H7.2C2H6.CH4.2CH3.2W.2Y/c1-6-4-2-3-5-6;1-4-5(2)3;2*1-2;;;;;;;/h2-4H,5H2,1H3;1-2H,4H2,3H3;2*1-2H3;1H4;2*1H3;;;;/q;-1;;;;2*-1;;;;. The third kappa shape index (κ3) is 66.3. The van der Waals surface area contributed by atoms with Crippen LogP contribution in [0.4, 0.5) is 0 Å². The van der Waals surface area contributed by atoms with Crippen LogP contribution in [0.25, 0.3) is 0 Å². The molecule has 0 aromatic carbocycles. The largest absolute Gasteiger partial charge is 0.358 e. The third-order valence-corrected chi connectivity index (χ3v) is 1.96. The molecule has 0 saturated heterocycles. The summed E-state index contributed by atoms with van der Waals surface area (Å²) in [5, 5.41) is 0. The molecule has 0 heterocycles. The molecule has 0 spiro atoms. The van der Waals surface area contributed by atoms with Gasteiger partial charge in [-0.15, -0.1) is 0 Å². The van der Waals surface area contributed by atoms with E-state index in [4.69, 9.17) is 6.58 Å². The van der Waals surface area contributed by atoms with Crippen LogP contribution in [-0.4, -0.2) is 4.40 Å². The number of hydrogen-bond acceptors (Lipinski definition) is 0. The minimum atomic E-state index is 0. The van der Waals surface area contributed by atoms with Crippen LogP contribution in [0.5, 0.6) is 0 Å². The molecule has 0 aromatic heterocycles. The van der Waals surface area contributed by atoms with Crippen molar-refractivity contribution >= 4 is 4.40 Å². The first-order valence-electron chi connectivity index (χ1n) is 6.00. The summed E-state index contributed by atoms with van der Waals surface area (Å²) in [5.41, 5.74) is 2.47. The van der Waals surface area contributed by atoms with Crippen LogP contribution in [0.3, 0.4) is 0 Å². The van der Waals surface area contributed by atoms with Gasteiger partial charge in [0.1, 0.15) is 0 Å². The van der Waals surface area contributed by atoms with E-state index in [-0.39, 0.29) is 109 Å². The van der Waals surface area contributed by atoms with Gasteiger partial charge in [0.05, 0.1) is 0 Å². The summed E-state index contributed by atoms with van der Waals surface area (Å²) in [7, 11) is 0. The first kappa shape index (κ1) is 56.3. The minimum Gasteiger partial charge on any atom is -0.358 e. The van der Waals surface area contributed by atoms with Crippen LogP contribution >= 0.6 is 0 Å². The van der Waals surface area contributed by atoms with Gasteiger partial charge in [-0.05, 0) is 13.3 Å². The Morgan fingerprint density at radius 1 is 1.18 bits per heavy atom. The smallest absolute Gasteiger partial charge is 0 e. The molecule has 4 heteroatoms. The molecule has 0 saturated carbocycles. The van der Waals surface area contributed by atoms with Gasteiger partial charge in [0.25, 0.3) is 0 Å². The van der Waals surface area contributed by atoms with Crippen molar-refractivity contribution < 1.29 is 106 Å².